The summed E-state index contributed by atoms with van der Waals surface area (Å²) in [6.07, 6.45) is 7.34. The fraction of sp³-hybridized carbons (Fsp3) is 0.286. The zero-order valence-electron chi connectivity index (χ0n) is 16.5. The lowest BCUT2D eigenvalue weighted by atomic mass is 10.0. The number of anilines is 2. The van der Waals surface area contributed by atoms with Crippen LogP contribution in [0, 0.1) is 0 Å². The summed E-state index contributed by atoms with van der Waals surface area (Å²) in [4.78, 5) is 24.6. The maximum absolute atomic E-state index is 6.19. The molecule has 1 aliphatic rings. The molecule has 0 aliphatic carbocycles. The number of fused-ring (bicyclic) bond motifs is 1. The van der Waals surface area contributed by atoms with E-state index in [4.69, 9.17) is 16.6 Å². The second-order valence-corrected chi connectivity index (χ2v) is 7.73. The van der Waals surface area contributed by atoms with E-state index in [0.717, 1.165) is 43.1 Å². The van der Waals surface area contributed by atoms with E-state index in [1.165, 1.54) is 0 Å². The molecule has 0 spiro atoms. The molecule has 5 rings (SSSR count). The number of hydrogen-bond donors (Lipinski definition) is 1. The van der Waals surface area contributed by atoms with Gasteiger partial charge in [-0.1, -0.05) is 6.07 Å². The Bertz CT molecular complexity index is 1170. The first-order valence-corrected chi connectivity index (χ1v) is 10.3. The number of hydrogen-bond acceptors (Lipinski definition) is 7. The lowest BCUT2D eigenvalue weighted by Crippen LogP contribution is -2.39. The maximum atomic E-state index is 6.19. The van der Waals surface area contributed by atoms with Crippen LogP contribution >= 0.6 is 11.6 Å². The number of nitrogens with one attached hydrogen (secondary N) is 1. The third-order valence-electron chi connectivity index (χ3n) is 5.40. The van der Waals surface area contributed by atoms with Crippen LogP contribution < -0.4 is 10.2 Å². The summed E-state index contributed by atoms with van der Waals surface area (Å²) in [5.74, 6) is 1.69. The Morgan fingerprint density at radius 2 is 1.93 bits per heavy atom. The molecule has 0 saturated carbocycles. The van der Waals surface area contributed by atoms with Crippen LogP contribution in [0.4, 0.5) is 11.6 Å². The number of halogens is 1. The van der Waals surface area contributed by atoms with Gasteiger partial charge in [0.1, 0.15) is 11.3 Å². The van der Waals surface area contributed by atoms with Crippen molar-refractivity contribution in [2.45, 2.75) is 18.9 Å². The normalized spacial score (nSPS) is 14.9. The van der Waals surface area contributed by atoms with Crippen LogP contribution in [0.1, 0.15) is 12.8 Å². The van der Waals surface area contributed by atoms with Crippen LogP contribution in [-0.2, 0) is 7.05 Å². The summed E-state index contributed by atoms with van der Waals surface area (Å²) in [6.45, 7) is 1.86. The number of pyridine rings is 2. The van der Waals surface area contributed by atoms with Crippen LogP contribution in [0.15, 0.2) is 49.1 Å². The Kier molecular flexibility index (Phi) is 4.92. The second kappa shape index (κ2) is 7.87. The molecule has 4 aromatic heterocycles. The Balaban J connectivity index is 1.39. The molecule has 4 aromatic rings. The number of imidazole rings is 1. The van der Waals surface area contributed by atoms with Crippen LogP contribution in [0.3, 0.4) is 0 Å². The molecule has 1 N–H and O–H groups in total. The van der Waals surface area contributed by atoms with E-state index in [-0.39, 0.29) is 11.3 Å². The zero-order valence-corrected chi connectivity index (χ0v) is 17.3. The smallest absolute Gasteiger partial charge is 0.225 e. The van der Waals surface area contributed by atoms with Crippen molar-refractivity contribution < 1.29 is 0 Å². The molecule has 0 atom stereocenters. The summed E-state index contributed by atoms with van der Waals surface area (Å²) < 4.78 is 1.94. The van der Waals surface area contributed by atoms with E-state index in [0.29, 0.717) is 16.9 Å². The van der Waals surface area contributed by atoms with Gasteiger partial charge in [-0.15, -0.1) is 0 Å². The Labute approximate surface area is 179 Å². The molecule has 152 valence electrons. The highest BCUT2D eigenvalue weighted by molar-refractivity contribution is 6.28. The number of rotatable bonds is 4. The number of aryl methyl sites for hydroxylation is 1. The highest BCUT2D eigenvalue weighted by Crippen LogP contribution is 2.27. The van der Waals surface area contributed by atoms with Gasteiger partial charge in [0, 0.05) is 32.4 Å². The van der Waals surface area contributed by atoms with E-state index in [9.17, 15) is 0 Å². The summed E-state index contributed by atoms with van der Waals surface area (Å²) in [7, 11) is 1.95. The topological polar surface area (TPSA) is 84.7 Å². The van der Waals surface area contributed by atoms with Gasteiger partial charge in [-0.05, 0) is 48.7 Å². The van der Waals surface area contributed by atoms with Gasteiger partial charge in [0.2, 0.25) is 5.28 Å². The molecule has 0 bridgehead atoms. The van der Waals surface area contributed by atoms with E-state index < -0.39 is 0 Å². The van der Waals surface area contributed by atoms with Crippen molar-refractivity contribution >= 4 is 34.3 Å². The Morgan fingerprint density at radius 3 is 2.67 bits per heavy atom. The molecule has 9 heteroatoms. The highest BCUT2D eigenvalue weighted by atomic mass is 35.5. The molecule has 0 aromatic carbocycles. The van der Waals surface area contributed by atoms with E-state index >= 15 is 0 Å². The quantitative estimate of drug-likeness (QED) is 0.505. The molecule has 5 heterocycles. The number of aromatic nitrogens is 6. The van der Waals surface area contributed by atoms with Gasteiger partial charge >= 0.3 is 0 Å². The molecular weight excluding hydrogens is 400 g/mol. The molecular formula is C21H21ClN8. The first-order chi connectivity index (χ1) is 14.7. The predicted molar refractivity (Wildman–Crippen MR) is 118 cm³/mol. The van der Waals surface area contributed by atoms with Gasteiger partial charge in [0.25, 0.3) is 0 Å². The lowest BCUT2D eigenvalue weighted by molar-refractivity contribution is 0.522. The standard InChI is InChI=1S/C21H21ClN8/c1-29-13-23-12-17(29)15-5-6-16-19(26-15)20(28-21(22)27-16)25-14-7-10-30(11-8-14)18-4-2-3-9-24-18/h2-6,9,12-14H,7-8,10-11H2,1H3,(H,25,27,28). The van der Waals surface area contributed by atoms with Gasteiger partial charge in [-0.3, -0.25) is 0 Å². The highest BCUT2D eigenvalue weighted by Gasteiger charge is 2.22. The maximum Gasteiger partial charge on any atom is 0.225 e. The van der Waals surface area contributed by atoms with Crippen molar-refractivity contribution in [1.29, 1.82) is 0 Å². The molecule has 8 nitrogen and oxygen atoms in total. The lowest BCUT2D eigenvalue weighted by Gasteiger charge is -2.33. The minimum absolute atomic E-state index is 0.214. The first kappa shape index (κ1) is 18.7. The summed E-state index contributed by atoms with van der Waals surface area (Å²) in [5.41, 5.74) is 3.18. The number of piperidine rings is 1. The van der Waals surface area contributed by atoms with Crippen LogP contribution in [0.5, 0.6) is 0 Å². The van der Waals surface area contributed by atoms with E-state index in [2.05, 4.69) is 36.2 Å². The van der Waals surface area contributed by atoms with Gasteiger partial charge in [0.15, 0.2) is 5.82 Å². The third kappa shape index (κ3) is 3.66. The average molecular weight is 421 g/mol. The number of nitrogens with zero attached hydrogens (tertiary/aromatic N) is 7. The molecule has 30 heavy (non-hydrogen) atoms. The van der Waals surface area contributed by atoms with Crippen LogP contribution in [0.2, 0.25) is 5.28 Å². The monoisotopic (exact) mass is 420 g/mol. The van der Waals surface area contributed by atoms with Crippen molar-refractivity contribution in [2.75, 3.05) is 23.3 Å². The average Bonchev–Trinajstić information content (AvgIpc) is 3.20. The summed E-state index contributed by atoms with van der Waals surface area (Å²) in [6, 6.07) is 10.1. The fourth-order valence-electron chi connectivity index (χ4n) is 3.82. The first-order valence-electron chi connectivity index (χ1n) is 9.91. The van der Waals surface area contributed by atoms with Crippen molar-refractivity contribution in [1.82, 2.24) is 29.5 Å². The van der Waals surface area contributed by atoms with Gasteiger partial charge in [-0.25, -0.2) is 19.9 Å². The van der Waals surface area contributed by atoms with E-state index in [1.807, 2.05) is 42.1 Å². The van der Waals surface area contributed by atoms with Crippen molar-refractivity contribution in [3.05, 3.63) is 54.3 Å². The van der Waals surface area contributed by atoms with Crippen molar-refractivity contribution in [2.24, 2.45) is 7.05 Å². The van der Waals surface area contributed by atoms with Gasteiger partial charge in [-0.2, -0.15) is 4.98 Å². The molecule has 1 fully saturated rings. The minimum atomic E-state index is 0.214. The predicted octanol–water partition coefficient (Wildman–Crippen LogP) is 3.55. The van der Waals surface area contributed by atoms with Crippen molar-refractivity contribution in [3.63, 3.8) is 0 Å². The summed E-state index contributed by atoms with van der Waals surface area (Å²) >= 11 is 6.19. The minimum Gasteiger partial charge on any atom is -0.365 e. The van der Waals surface area contributed by atoms with E-state index in [1.54, 1.807) is 12.5 Å². The molecule has 0 amide bonds. The van der Waals surface area contributed by atoms with Gasteiger partial charge < -0.3 is 14.8 Å². The Hall–Kier alpha value is -3.26. The Morgan fingerprint density at radius 1 is 1.07 bits per heavy atom. The van der Waals surface area contributed by atoms with Crippen molar-refractivity contribution in [3.8, 4) is 11.4 Å². The summed E-state index contributed by atoms with van der Waals surface area (Å²) in [5, 5.41) is 3.77. The van der Waals surface area contributed by atoms with Crippen LogP contribution in [0.25, 0.3) is 22.4 Å². The largest absolute Gasteiger partial charge is 0.365 e. The van der Waals surface area contributed by atoms with Gasteiger partial charge in [0.05, 0.1) is 29.4 Å². The molecule has 0 radical (unpaired) electrons. The SMILES string of the molecule is Cn1cncc1-c1ccc2nc(Cl)nc(NC3CCN(c4ccccn4)CC3)c2n1. The zero-order chi connectivity index (χ0) is 20.5. The molecule has 1 aliphatic heterocycles. The molecule has 0 unspecified atom stereocenters. The molecule has 1 saturated heterocycles. The fourth-order valence-corrected chi connectivity index (χ4v) is 4.00. The second-order valence-electron chi connectivity index (χ2n) is 7.39. The third-order valence-corrected chi connectivity index (χ3v) is 5.57. The van der Waals surface area contributed by atoms with Crippen LogP contribution in [-0.4, -0.2) is 48.6 Å².